The molecule has 0 atom stereocenters. The van der Waals surface area contributed by atoms with Crippen molar-refractivity contribution in [3.8, 4) is 5.75 Å². The SMILES string of the molecule is O=C1/C(=C/c2cccc(OCc3ccc(Br)cc3)c2)SC(=Nc2ccc(Cl)cc2)N1c1ccc(Cl)cc1. The van der Waals surface area contributed by atoms with Crippen molar-refractivity contribution in [1.82, 2.24) is 0 Å². The predicted molar refractivity (Wildman–Crippen MR) is 158 cm³/mol. The van der Waals surface area contributed by atoms with E-state index in [1.54, 1.807) is 41.3 Å². The summed E-state index contributed by atoms with van der Waals surface area (Å²) in [5.41, 5.74) is 3.30. The highest BCUT2D eigenvalue weighted by molar-refractivity contribution is 9.10. The van der Waals surface area contributed by atoms with E-state index in [0.717, 1.165) is 21.3 Å². The maximum atomic E-state index is 13.5. The van der Waals surface area contributed by atoms with Gasteiger partial charge in [0.05, 0.1) is 16.3 Å². The summed E-state index contributed by atoms with van der Waals surface area (Å²) in [5.74, 6) is 0.554. The Bertz CT molecular complexity index is 1490. The molecule has 37 heavy (non-hydrogen) atoms. The molecule has 0 unspecified atom stereocenters. The maximum Gasteiger partial charge on any atom is 0.271 e. The Morgan fingerprint density at radius 1 is 0.892 bits per heavy atom. The number of thioether (sulfide) groups is 1. The van der Waals surface area contributed by atoms with Crippen molar-refractivity contribution in [2.24, 2.45) is 4.99 Å². The van der Waals surface area contributed by atoms with Gasteiger partial charge in [0.25, 0.3) is 5.91 Å². The van der Waals surface area contributed by atoms with Crippen molar-refractivity contribution in [1.29, 1.82) is 0 Å². The molecule has 0 aliphatic carbocycles. The molecule has 0 radical (unpaired) electrons. The van der Waals surface area contributed by atoms with Crippen molar-refractivity contribution in [2.75, 3.05) is 4.90 Å². The highest BCUT2D eigenvalue weighted by Crippen LogP contribution is 2.38. The van der Waals surface area contributed by atoms with Gasteiger partial charge in [-0.15, -0.1) is 0 Å². The van der Waals surface area contributed by atoms with Gasteiger partial charge in [0.2, 0.25) is 0 Å². The molecule has 1 amide bonds. The van der Waals surface area contributed by atoms with Crippen LogP contribution in [-0.2, 0) is 11.4 Å². The van der Waals surface area contributed by atoms with Gasteiger partial charge in [0.1, 0.15) is 12.4 Å². The predicted octanol–water partition coefficient (Wildman–Crippen LogP) is 9.14. The molecule has 184 valence electrons. The smallest absolute Gasteiger partial charge is 0.271 e. The lowest BCUT2D eigenvalue weighted by molar-refractivity contribution is -0.113. The van der Waals surface area contributed by atoms with Crippen LogP contribution in [-0.4, -0.2) is 11.1 Å². The van der Waals surface area contributed by atoms with Crippen LogP contribution in [0.1, 0.15) is 11.1 Å². The lowest BCUT2D eigenvalue weighted by Crippen LogP contribution is -2.28. The topological polar surface area (TPSA) is 41.9 Å². The molecular formula is C29H19BrCl2N2O2S. The first kappa shape index (κ1) is 25.6. The Morgan fingerprint density at radius 2 is 1.57 bits per heavy atom. The first-order valence-electron chi connectivity index (χ1n) is 11.3. The van der Waals surface area contributed by atoms with Crippen molar-refractivity contribution in [3.63, 3.8) is 0 Å². The second-order valence-corrected chi connectivity index (χ2v) is 10.9. The summed E-state index contributed by atoms with van der Waals surface area (Å²) in [4.78, 5) is 20.4. The summed E-state index contributed by atoms with van der Waals surface area (Å²) in [6.45, 7) is 0.448. The molecule has 1 aliphatic heterocycles. The van der Waals surface area contributed by atoms with E-state index in [1.165, 1.54) is 11.8 Å². The molecule has 4 nitrogen and oxygen atoms in total. The molecular weight excluding hydrogens is 591 g/mol. The minimum Gasteiger partial charge on any atom is -0.489 e. The molecule has 4 aromatic carbocycles. The Labute approximate surface area is 237 Å². The first-order chi connectivity index (χ1) is 17.9. The number of hydrogen-bond donors (Lipinski definition) is 0. The molecule has 1 heterocycles. The maximum absolute atomic E-state index is 13.5. The number of rotatable bonds is 6. The van der Waals surface area contributed by atoms with E-state index < -0.39 is 0 Å². The fraction of sp³-hybridized carbons (Fsp3) is 0.0345. The summed E-state index contributed by atoms with van der Waals surface area (Å²) in [6.07, 6.45) is 1.85. The number of nitrogens with zero attached hydrogens (tertiary/aromatic N) is 2. The van der Waals surface area contributed by atoms with E-state index in [-0.39, 0.29) is 5.91 Å². The van der Waals surface area contributed by atoms with Gasteiger partial charge in [-0.25, -0.2) is 4.99 Å². The second-order valence-electron chi connectivity index (χ2n) is 8.09. The minimum atomic E-state index is -0.166. The van der Waals surface area contributed by atoms with Gasteiger partial charge in [-0.2, -0.15) is 0 Å². The zero-order valence-corrected chi connectivity index (χ0v) is 23.2. The summed E-state index contributed by atoms with van der Waals surface area (Å²) in [6, 6.07) is 29.9. The fourth-order valence-corrected chi connectivity index (χ4v) is 5.10. The Hall–Kier alpha value is -3.03. The van der Waals surface area contributed by atoms with E-state index >= 15 is 0 Å². The number of carbonyl (C=O) groups is 1. The second kappa shape index (κ2) is 11.6. The summed E-state index contributed by atoms with van der Waals surface area (Å²) < 4.78 is 7.00. The van der Waals surface area contributed by atoms with Gasteiger partial charge in [-0.05, 0) is 102 Å². The lowest BCUT2D eigenvalue weighted by Gasteiger charge is -2.15. The minimum absolute atomic E-state index is 0.166. The summed E-state index contributed by atoms with van der Waals surface area (Å²) in [5, 5.41) is 1.76. The number of anilines is 1. The first-order valence-corrected chi connectivity index (χ1v) is 13.6. The van der Waals surface area contributed by atoms with Crippen LogP contribution in [0, 0.1) is 0 Å². The van der Waals surface area contributed by atoms with E-state index in [0.29, 0.717) is 38.1 Å². The number of hydrogen-bond acceptors (Lipinski definition) is 4. The zero-order valence-electron chi connectivity index (χ0n) is 19.3. The molecule has 8 heteroatoms. The monoisotopic (exact) mass is 608 g/mol. The van der Waals surface area contributed by atoms with Crippen molar-refractivity contribution in [3.05, 3.63) is 128 Å². The average Bonchev–Trinajstić information content (AvgIpc) is 3.20. The van der Waals surface area contributed by atoms with E-state index in [1.807, 2.05) is 66.7 Å². The highest BCUT2D eigenvalue weighted by Gasteiger charge is 2.34. The van der Waals surface area contributed by atoms with Gasteiger partial charge in [-0.1, -0.05) is 63.4 Å². The van der Waals surface area contributed by atoms with Crippen molar-refractivity contribution < 1.29 is 9.53 Å². The zero-order chi connectivity index (χ0) is 25.8. The molecule has 0 spiro atoms. The number of ether oxygens (including phenoxy) is 1. The number of amides is 1. The van der Waals surface area contributed by atoms with Gasteiger partial charge in [0.15, 0.2) is 5.17 Å². The van der Waals surface area contributed by atoms with Gasteiger partial charge in [0, 0.05) is 14.5 Å². The third kappa shape index (κ3) is 6.46. The largest absolute Gasteiger partial charge is 0.489 e. The molecule has 5 rings (SSSR count). The van der Waals surface area contributed by atoms with Crippen molar-refractivity contribution in [2.45, 2.75) is 6.61 Å². The Kier molecular flexibility index (Phi) is 8.01. The molecule has 1 aliphatic rings. The van der Waals surface area contributed by atoms with E-state index in [4.69, 9.17) is 32.9 Å². The molecule has 0 saturated carbocycles. The molecule has 1 fully saturated rings. The van der Waals surface area contributed by atoms with Crippen LogP contribution in [0.25, 0.3) is 6.08 Å². The van der Waals surface area contributed by atoms with Crippen LogP contribution in [0.4, 0.5) is 11.4 Å². The molecule has 0 bridgehead atoms. The van der Waals surface area contributed by atoms with Crippen LogP contribution in [0.5, 0.6) is 5.75 Å². The Balaban J connectivity index is 1.42. The van der Waals surface area contributed by atoms with Gasteiger partial charge < -0.3 is 4.74 Å². The van der Waals surface area contributed by atoms with Gasteiger partial charge >= 0.3 is 0 Å². The number of amidine groups is 1. The molecule has 0 aromatic heterocycles. The van der Waals surface area contributed by atoms with Crippen molar-refractivity contribution >= 4 is 79.4 Å². The van der Waals surface area contributed by atoms with Gasteiger partial charge in [-0.3, -0.25) is 9.69 Å². The van der Waals surface area contributed by atoms with Crippen LogP contribution >= 0.6 is 50.9 Å². The molecule has 0 N–H and O–H groups in total. The standard InChI is InChI=1S/C29H19BrCl2N2O2S/c30-21-6-4-19(5-7-21)18-36-26-3-1-2-20(16-26)17-27-28(35)34(25-14-10-23(32)11-15-25)29(37-27)33-24-12-8-22(31)9-13-24/h1-17H,18H2/b27-17-,33-29?. The lowest BCUT2D eigenvalue weighted by atomic mass is 10.2. The van der Waals surface area contributed by atoms with Crippen LogP contribution in [0.2, 0.25) is 10.0 Å². The normalized spacial score (nSPS) is 15.5. The Morgan fingerprint density at radius 3 is 2.27 bits per heavy atom. The summed E-state index contributed by atoms with van der Waals surface area (Å²) >= 11 is 16.9. The highest BCUT2D eigenvalue weighted by atomic mass is 79.9. The van der Waals surface area contributed by atoms with E-state index in [9.17, 15) is 4.79 Å². The summed E-state index contributed by atoms with van der Waals surface area (Å²) in [7, 11) is 0. The third-order valence-corrected chi connectivity index (χ3v) is 7.42. The van der Waals surface area contributed by atoms with Crippen LogP contribution in [0.3, 0.4) is 0 Å². The number of halogens is 3. The third-order valence-electron chi connectivity index (χ3n) is 5.42. The van der Waals surface area contributed by atoms with Crippen LogP contribution in [0.15, 0.2) is 111 Å². The number of aliphatic imine (C=N–C) groups is 1. The molecule has 4 aromatic rings. The molecule has 1 saturated heterocycles. The number of benzene rings is 4. The fourth-order valence-electron chi connectivity index (χ4n) is 3.59. The number of carbonyl (C=O) groups excluding carboxylic acids is 1. The average molecular weight is 610 g/mol. The van der Waals surface area contributed by atoms with Crippen LogP contribution < -0.4 is 9.64 Å². The quantitative estimate of drug-likeness (QED) is 0.205. The van der Waals surface area contributed by atoms with E-state index in [2.05, 4.69) is 15.9 Å².